The van der Waals surface area contributed by atoms with Gasteiger partial charge in [0.2, 0.25) is 0 Å². The van der Waals surface area contributed by atoms with E-state index in [0.717, 1.165) is 6.61 Å². The highest BCUT2D eigenvalue weighted by atomic mass is 28.4. The molecule has 15 heavy (non-hydrogen) atoms. The van der Waals surface area contributed by atoms with E-state index in [0.29, 0.717) is 6.42 Å². The summed E-state index contributed by atoms with van der Waals surface area (Å²) < 4.78 is 14.8. The molecule has 0 amide bonds. The minimum Gasteiger partial charge on any atom is -0.396 e. The molecule has 2 atom stereocenters. The van der Waals surface area contributed by atoms with Gasteiger partial charge < -0.3 is 23.8 Å². The van der Waals surface area contributed by atoms with E-state index in [1.54, 1.807) is 14.2 Å². The molecule has 1 fully saturated rings. The van der Waals surface area contributed by atoms with Crippen LogP contribution in [-0.4, -0.2) is 58.0 Å². The lowest BCUT2D eigenvalue weighted by atomic mass is 10.5. The summed E-state index contributed by atoms with van der Waals surface area (Å²) in [5.41, 5.74) is -0.428. The van der Waals surface area contributed by atoms with E-state index in [9.17, 15) is 5.11 Å². The van der Waals surface area contributed by atoms with Crippen molar-refractivity contribution >= 4 is 8.56 Å². The number of epoxide rings is 1. The molecule has 0 aromatic carbocycles. The maximum absolute atomic E-state index is 9.39. The predicted molar refractivity (Wildman–Crippen MR) is 58.8 cm³/mol. The van der Waals surface area contributed by atoms with Gasteiger partial charge in [-0.05, 0) is 13.0 Å². The third-order valence-electron chi connectivity index (χ3n) is 2.41. The van der Waals surface area contributed by atoms with Gasteiger partial charge in [0.25, 0.3) is 0 Å². The second-order valence-corrected chi connectivity index (χ2v) is 7.00. The summed E-state index contributed by atoms with van der Waals surface area (Å²) in [7, 11) is 0.911. The average Bonchev–Trinajstić information content (AvgIpc) is 3.11. The predicted octanol–water partition coefficient (Wildman–Crippen LogP) is 0.0388. The number of hydrogen-bond acceptors (Lipinski definition) is 5. The first kappa shape index (κ1) is 15.0. The van der Waals surface area contributed by atoms with Crippen molar-refractivity contribution in [1.29, 1.82) is 0 Å². The molecule has 92 valence electrons. The highest BCUT2D eigenvalue weighted by molar-refractivity contribution is 6.67. The summed E-state index contributed by atoms with van der Waals surface area (Å²) in [5.74, 6) is 0. The molecule has 0 radical (unpaired) electrons. The molecular formula is C9H22O5Si. The fourth-order valence-corrected chi connectivity index (χ4v) is 2.35. The third kappa shape index (κ3) is 5.60. The molecule has 0 spiro atoms. The van der Waals surface area contributed by atoms with Crippen molar-refractivity contribution < 1.29 is 23.8 Å². The lowest BCUT2D eigenvalue weighted by molar-refractivity contribution is 0.142. The van der Waals surface area contributed by atoms with Crippen LogP contribution in [0.4, 0.5) is 0 Å². The van der Waals surface area contributed by atoms with Gasteiger partial charge in [0.05, 0.1) is 18.9 Å². The number of rotatable bonds is 5. The Balaban J connectivity index is 0.000000322. The van der Waals surface area contributed by atoms with E-state index in [4.69, 9.17) is 14.0 Å². The molecule has 0 aromatic rings. The van der Waals surface area contributed by atoms with Crippen LogP contribution in [-0.2, 0) is 13.6 Å². The Kier molecular flexibility index (Phi) is 7.32. The molecule has 5 nitrogen and oxygen atoms in total. The van der Waals surface area contributed by atoms with Crippen LogP contribution in [0, 0.1) is 0 Å². The van der Waals surface area contributed by atoms with Gasteiger partial charge in [-0.3, -0.25) is 0 Å². The van der Waals surface area contributed by atoms with E-state index in [2.05, 4.69) is 4.74 Å². The van der Waals surface area contributed by atoms with Gasteiger partial charge in [-0.25, -0.2) is 0 Å². The van der Waals surface area contributed by atoms with Gasteiger partial charge in [0.1, 0.15) is 6.10 Å². The van der Waals surface area contributed by atoms with Crippen LogP contribution in [0.5, 0.6) is 0 Å². The van der Waals surface area contributed by atoms with Crippen LogP contribution in [0.1, 0.15) is 13.3 Å². The summed E-state index contributed by atoms with van der Waals surface area (Å²) in [5, 5.41) is 17.5. The lowest BCUT2D eigenvalue weighted by Gasteiger charge is -2.26. The Labute approximate surface area is 92.2 Å². The van der Waals surface area contributed by atoms with Crippen LogP contribution >= 0.6 is 0 Å². The monoisotopic (exact) mass is 238 g/mol. The lowest BCUT2D eigenvalue weighted by Crippen LogP contribution is -2.48. The summed E-state index contributed by atoms with van der Waals surface area (Å²) in [6, 6.07) is 0. The molecule has 0 saturated carbocycles. The first-order valence-electron chi connectivity index (χ1n) is 5.04. The third-order valence-corrected chi connectivity index (χ3v) is 5.65. The summed E-state index contributed by atoms with van der Waals surface area (Å²) in [6.07, 6.45) is 0.875. The van der Waals surface area contributed by atoms with Crippen molar-refractivity contribution in [3.8, 4) is 0 Å². The van der Waals surface area contributed by atoms with Gasteiger partial charge >= 0.3 is 8.56 Å². The minimum absolute atomic E-state index is 0.190. The maximum Gasteiger partial charge on any atom is 0.364 e. The highest BCUT2D eigenvalue weighted by Crippen LogP contribution is 2.12. The van der Waals surface area contributed by atoms with Gasteiger partial charge in [-0.1, -0.05) is 6.92 Å². The summed E-state index contributed by atoms with van der Waals surface area (Å²) >= 11 is 0. The number of aliphatic hydroxyl groups excluding tert-OH is 2. The first-order valence-corrected chi connectivity index (χ1v) is 7.44. The standard InChI is InChI=1S/C6H16O3Si.C3H6O2/c1-5-6(7)10(4,8-2)9-3;4-1-3-2-5-3/h6-7H,5H2,1-4H3;3-4H,1-2H2. The maximum atomic E-state index is 9.39. The van der Waals surface area contributed by atoms with Crippen molar-refractivity contribution in [2.24, 2.45) is 0 Å². The van der Waals surface area contributed by atoms with Gasteiger partial charge in [-0.15, -0.1) is 0 Å². The van der Waals surface area contributed by atoms with E-state index in [-0.39, 0.29) is 12.7 Å². The summed E-state index contributed by atoms with van der Waals surface area (Å²) in [6.45, 7) is 4.71. The van der Waals surface area contributed by atoms with Crippen LogP contribution in [0.25, 0.3) is 0 Å². The largest absolute Gasteiger partial charge is 0.396 e. The zero-order valence-corrected chi connectivity index (χ0v) is 10.9. The topological polar surface area (TPSA) is 71.5 Å². The molecule has 1 aliphatic heterocycles. The zero-order chi connectivity index (χ0) is 11.9. The van der Waals surface area contributed by atoms with Crippen molar-refractivity contribution in [2.75, 3.05) is 27.4 Å². The molecule has 1 aliphatic rings. The Morgan fingerprint density at radius 3 is 2.00 bits per heavy atom. The first-order chi connectivity index (χ1) is 7.03. The molecule has 1 saturated heterocycles. The van der Waals surface area contributed by atoms with E-state index in [1.165, 1.54) is 0 Å². The minimum atomic E-state index is -2.25. The van der Waals surface area contributed by atoms with E-state index < -0.39 is 14.3 Å². The Bertz CT molecular complexity index is 159. The second-order valence-electron chi connectivity index (χ2n) is 3.49. The molecular weight excluding hydrogens is 216 g/mol. The molecule has 2 N–H and O–H groups in total. The fraction of sp³-hybridized carbons (Fsp3) is 1.00. The summed E-state index contributed by atoms with van der Waals surface area (Å²) in [4.78, 5) is 0. The van der Waals surface area contributed by atoms with Crippen molar-refractivity contribution in [3.05, 3.63) is 0 Å². The molecule has 0 bridgehead atoms. The number of aliphatic hydroxyl groups is 2. The molecule has 2 unspecified atom stereocenters. The Morgan fingerprint density at radius 2 is 1.93 bits per heavy atom. The number of hydrogen-bond donors (Lipinski definition) is 2. The highest BCUT2D eigenvalue weighted by Gasteiger charge is 2.36. The molecule has 1 heterocycles. The van der Waals surface area contributed by atoms with Gasteiger partial charge in [0, 0.05) is 14.2 Å². The molecule has 1 rings (SSSR count). The van der Waals surface area contributed by atoms with Crippen LogP contribution in [0.2, 0.25) is 6.55 Å². The van der Waals surface area contributed by atoms with Gasteiger partial charge in [0.15, 0.2) is 0 Å². The Morgan fingerprint density at radius 1 is 1.47 bits per heavy atom. The fourth-order valence-electron chi connectivity index (χ4n) is 0.900. The molecule has 0 aromatic heterocycles. The Hall–Kier alpha value is 0.0169. The second kappa shape index (κ2) is 7.32. The quantitative estimate of drug-likeness (QED) is 0.523. The van der Waals surface area contributed by atoms with Gasteiger partial charge in [-0.2, -0.15) is 0 Å². The van der Waals surface area contributed by atoms with Crippen molar-refractivity contribution in [3.63, 3.8) is 0 Å². The average molecular weight is 238 g/mol. The van der Waals surface area contributed by atoms with Crippen LogP contribution in [0.3, 0.4) is 0 Å². The smallest absolute Gasteiger partial charge is 0.364 e. The number of ether oxygens (including phenoxy) is 1. The molecule has 6 heteroatoms. The van der Waals surface area contributed by atoms with Crippen LogP contribution < -0.4 is 0 Å². The zero-order valence-electron chi connectivity index (χ0n) is 9.90. The van der Waals surface area contributed by atoms with Crippen molar-refractivity contribution in [1.82, 2.24) is 0 Å². The van der Waals surface area contributed by atoms with Crippen molar-refractivity contribution in [2.45, 2.75) is 31.7 Å². The normalized spacial score (nSPS) is 21.6. The molecule has 0 aliphatic carbocycles. The van der Waals surface area contributed by atoms with Crippen LogP contribution in [0.15, 0.2) is 0 Å². The van der Waals surface area contributed by atoms with E-state index in [1.807, 2.05) is 13.5 Å². The SMILES string of the molecule is CCC(O)[Si](C)(OC)OC.OCC1CO1. The van der Waals surface area contributed by atoms with E-state index >= 15 is 0 Å².